The van der Waals surface area contributed by atoms with Crippen molar-refractivity contribution in [3.05, 3.63) is 54.1 Å². The molecular weight excluding hydrogens is 354 g/mol. The predicted molar refractivity (Wildman–Crippen MR) is 103 cm³/mol. The van der Waals surface area contributed by atoms with Gasteiger partial charge < -0.3 is 5.11 Å². The Morgan fingerprint density at radius 2 is 1.96 bits per heavy atom. The van der Waals surface area contributed by atoms with Crippen LogP contribution in [-0.4, -0.2) is 27.0 Å². The molecule has 0 saturated heterocycles. The average molecular weight is 371 g/mol. The second kappa shape index (κ2) is 7.67. The highest BCUT2D eigenvalue weighted by Crippen LogP contribution is 2.31. The van der Waals surface area contributed by atoms with Gasteiger partial charge in [0, 0.05) is 0 Å². The molecule has 7 heteroatoms. The van der Waals surface area contributed by atoms with Crippen molar-refractivity contribution in [2.45, 2.75) is 23.4 Å². The Labute approximate surface area is 153 Å². The van der Waals surface area contributed by atoms with Gasteiger partial charge in [0.15, 0.2) is 4.34 Å². The fourth-order valence-electron chi connectivity index (χ4n) is 2.10. The van der Waals surface area contributed by atoms with Gasteiger partial charge in [-0.1, -0.05) is 23.9 Å². The van der Waals surface area contributed by atoms with E-state index in [1.807, 2.05) is 31.2 Å². The zero-order chi connectivity index (χ0) is 17.8. The minimum atomic E-state index is -0.308. The van der Waals surface area contributed by atoms with E-state index in [-0.39, 0.29) is 16.9 Å². The highest BCUT2D eigenvalue weighted by Gasteiger charge is 2.16. The number of nitrogens with one attached hydrogen (secondary N) is 1. The van der Waals surface area contributed by atoms with E-state index in [0.29, 0.717) is 5.71 Å². The first-order valence-electron chi connectivity index (χ1n) is 7.68. The first-order valence-corrected chi connectivity index (χ1v) is 9.38. The molecule has 0 spiro atoms. The van der Waals surface area contributed by atoms with Crippen LogP contribution in [0.3, 0.4) is 0 Å². The number of aromatic hydroxyl groups is 1. The van der Waals surface area contributed by atoms with Crippen LogP contribution < -0.4 is 5.43 Å². The summed E-state index contributed by atoms with van der Waals surface area (Å²) in [5.74, 6) is 0.0174. The third-order valence-electron chi connectivity index (χ3n) is 3.54. The van der Waals surface area contributed by atoms with Gasteiger partial charge in [0.2, 0.25) is 0 Å². The minimum Gasteiger partial charge on any atom is -0.508 e. The highest BCUT2D eigenvalue weighted by molar-refractivity contribution is 8.02. The first kappa shape index (κ1) is 17.4. The Kier molecular flexibility index (Phi) is 5.35. The number of aromatic nitrogens is 1. The molecule has 3 rings (SSSR count). The average Bonchev–Trinajstić information content (AvgIpc) is 3.02. The summed E-state index contributed by atoms with van der Waals surface area (Å²) in [5, 5.41) is 13.1. The van der Waals surface area contributed by atoms with Gasteiger partial charge >= 0.3 is 0 Å². The quantitative estimate of drug-likeness (QED) is 0.403. The lowest BCUT2D eigenvalue weighted by atomic mass is 10.1. The summed E-state index contributed by atoms with van der Waals surface area (Å²) in [6.07, 6.45) is 0. The molecule has 5 nitrogen and oxygen atoms in total. The van der Waals surface area contributed by atoms with Crippen LogP contribution in [0.25, 0.3) is 10.2 Å². The van der Waals surface area contributed by atoms with E-state index in [4.69, 9.17) is 0 Å². The summed E-state index contributed by atoms with van der Waals surface area (Å²) in [6.45, 7) is 3.63. The number of fused-ring (bicyclic) bond motifs is 1. The SMILES string of the molecule is C/C(=N/NC(=O)C(C)Sc1nc2ccccc2s1)c1ccc(O)cc1. The molecule has 0 aliphatic heterocycles. The molecule has 0 bridgehead atoms. The Morgan fingerprint density at radius 1 is 1.24 bits per heavy atom. The van der Waals surface area contributed by atoms with Gasteiger partial charge in [0.25, 0.3) is 5.91 Å². The van der Waals surface area contributed by atoms with Crippen LogP contribution in [0.5, 0.6) is 5.75 Å². The molecule has 0 aliphatic carbocycles. The first-order chi connectivity index (χ1) is 12.0. The Hall–Kier alpha value is -2.38. The summed E-state index contributed by atoms with van der Waals surface area (Å²) in [7, 11) is 0. The number of thiazole rings is 1. The maximum absolute atomic E-state index is 12.3. The van der Waals surface area contributed by atoms with Crippen LogP contribution in [0.2, 0.25) is 0 Å². The van der Waals surface area contributed by atoms with Crippen LogP contribution >= 0.6 is 23.1 Å². The van der Waals surface area contributed by atoms with Gasteiger partial charge in [-0.25, -0.2) is 10.4 Å². The third-order valence-corrected chi connectivity index (χ3v) is 5.77. The molecule has 1 atom stereocenters. The summed E-state index contributed by atoms with van der Waals surface area (Å²) in [5.41, 5.74) is 5.05. The zero-order valence-electron chi connectivity index (χ0n) is 13.8. The number of thioether (sulfide) groups is 1. The lowest BCUT2D eigenvalue weighted by molar-refractivity contribution is -0.120. The van der Waals surface area contributed by atoms with Gasteiger partial charge in [-0.3, -0.25) is 4.79 Å². The molecule has 2 aromatic carbocycles. The topological polar surface area (TPSA) is 74.6 Å². The molecule has 1 amide bonds. The number of carbonyl (C=O) groups is 1. The number of benzene rings is 2. The largest absolute Gasteiger partial charge is 0.508 e. The summed E-state index contributed by atoms with van der Waals surface area (Å²) in [4.78, 5) is 16.8. The van der Waals surface area contributed by atoms with Gasteiger partial charge in [-0.15, -0.1) is 11.3 Å². The summed E-state index contributed by atoms with van der Waals surface area (Å²) < 4.78 is 1.97. The van der Waals surface area contributed by atoms with E-state index in [1.165, 1.54) is 11.8 Å². The lowest BCUT2D eigenvalue weighted by Gasteiger charge is -2.08. The second-order valence-electron chi connectivity index (χ2n) is 5.43. The number of nitrogens with zero attached hydrogens (tertiary/aromatic N) is 2. The fourth-order valence-corrected chi connectivity index (χ4v) is 4.31. The smallest absolute Gasteiger partial charge is 0.253 e. The number of hydrogen-bond acceptors (Lipinski definition) is 6. The fraction of sp³-hybridized carbons (Fsp3) is 0.167. The van der Waals surface area contributed by atoms with Crippen molar-refractivity contribution in [2.24, 2.45) is 5.10 Å². The molecule has 25 heavy (non-hydrogen) atoms. The van der Waals surface area contributed by atoms with Gasteiger partial charge in [-0.2, -0.15) is 5.10 Å². The maximum atomic E-state index is 12.3. The van der Waals surface area contributed by atoms with Crippen molar-refractivity contribution >= 4 is 44.9 Å². The van der Waals surface area contributed by atoms with Crippen LogP contribution in [-0.2, 0) is 4.79 Å². The second-order valence-corrected chi connectivity index (χ2v) is 8.05. The number of amides is 1. The molecule has 0 fully saturated rings. The van der Waals surface area contributed by atoms with Gasteiger partial charge in [-0.05, 0) is 55.8 Å². The van der Waals surface area contributed by atoms with E-state index in [9.17, 15) is 9.90 Å². The maximum Gasteiger partial charge on any atom is 0.253 e. The summed E-state index contributed by atoms with van der Waals surface area (Å²) >= 11 is 3.00. The number of rotatable bonds is 5. The van der Waals surface area contributed by atoms with E-state index < -0.39 is 0 Å². The zero-order valence-corrected chi connectivity index (χ0v) is 15.4. The van der Waals surface area contributed by atoms with E-state index >= 15 is 0 Å². The molecule has 0 saturated carbocycles. The number of phenolic OH excluding ortho intramolecular Hbond substituents is 1. The van der Waals surface area contributed by atoms with Crippen LogP contribution in [0.15, 0.2) is 58.0 Å². The van der Waals surface area contributed by atoms with E-state index in [1.54, 1.807) is 42.5 Å². The predicted octanol–water partition coefficient (Wildman–Crippen LogP) is 4.02. The van der Waals surface area contributed by atoms with Crippen molar-refractivity contribution in [1.29, 1.82) is 0 Å². The van der Waals surface area contributed by atoms with Crippen molar-refractivity contribution < 1.29 is 9.90 Å². The molecular formula is C18H17N3O2S2. The van der Waals surface area contributed by atoms with Crippen LogP contribution in [0.1, 0.15) is 19.4 Å². The number of phenols is 1. The van der Waals surface area contributed by atoms with E-state index in [2.05, 4.69) is 15.5 Å². The van der Waals surface area contributed by atoms with Crippen molar-refractivity contribution in [3.8, 4) is 5.75 Å². The van der Waals surface area contributed by atoms with Gasteiger partial charge in [0.1, 0.15) is 5.75 Å². The third kappa shape index (κ3) is 4.37. The Morgan fingerprint density at radius 3 is 2.68 bits per heavy atom. The Bertz CT molecular complexity index is 886. The minimum absolute atomic E-state index is 0.178. The van der Waals surface area contributed by atoms with Crippen LogP contribution in [0, 0.1) is 0 Å². The monoisotopic (exact) mass is 371 g/mol. The van der Waals surface area contributed by atoms with E-state index in [0.717, 1.165) is 20.1 Å². The normalized spacial score (nSPS) is 13.0. The molecule has 1 aromatic heterocycles. The molecule has 0 radical (unpaired) electrons. The van der Waals surface area contributed by atoms with Crippen molar-refractivity contribution in [2.75, 3.05) is 0 Å². The van der Waals surface area contributed by atoms with Crippen LogP contribution in [0.4, 0.5) is 0 Å². The number of hydrazone groups is 1. The molecule has 2 N–H and O–H groups in total. The molecule has 3 aromatic rings. The number of hydrogen-bond donors (Lipinski definition) is 2. The highest BCUT2D eigenvalue weighted by atomic mass is 32.2. The molecule has 128 valence electrons. The standard InChI is InChI=1S/C18H17N3O2S2/c1-11(13-7-9-14(22)10-8-13)20-21-17(23)12(2)24-18-19-15-5-3-4-6-16(15)25-18/h3-10,12,22H,1-2H3,(H,21,23)/b20-11-. The number of para-hydroxylation sites is 1. The number of carbonyl (C=O) groups excluding carboxylic acids is 1. The lowest BCUT2D eigenvalue weighted by Crippen LogP contribution is -2.27. The molecule has 1 unspecified atom stereocenters. The van der Waals surface area contributed by atoms with Crippen molar-refractivity contribution in [1.82, 2.24) is 10.4 Å². The van der Waals surface area contributed by atoms with Gasteiger partial charge in [0.05, 0.1) is 21.2 Å². The molecule has 1 heterocycles. The summed E-state index contributed by atoms with van der Waals surface area (Å²) in [6, 6.07) is 14.6. The molecule has 0 aliphatic rings. The van der Waals surface area contributed by atoms with Crippen molar-refractivity contribution in [3.63, 3.8) is 0 Å². The Balaban J connectivity index is 1.62.